The lowest BCUT2D eigenvalue weighted by atomic mass is 10.4. The third kappa shape index (κ3) is 4.89. The van der Waals surface area contributed by atoms with Crippen molar-refractivity contribution in [3.05, 3.63) is 23.7 Å². The molecule has 0 aliphatic rings. The number of hydrogen-bond donors (Lipinski definition) is 1. The molecule has 0 saturated carbocycles. The fourth-order valence-electron chi connectivity index (χ4n) is 1.40. The summed E-state index contributed by atoms with van der Waals surface area (Å²) >= 11 is 0. The molecular formula is C11H17NO5S. The van der Waals surface area contributed by atoms with E-state index < -0.39 is 15.8 Å². The third-order valence-electron chi connectivity index (χ3n) is 2.28. The molecule has 7 heteroatoms. The van der Waals surface area contributed by atoms with Gasteiger partial charge in [0.1, 0.15) is 17.3 Å². The molecule has 0 spiro atoms. The topological polar surface area (TPSA) is 85.6 Å². The van der Waals surface area contributed by atoms with E-state index in [1.54, 1.807) is 19.2 Å². The molecule has 0 amide bonds. The van der Waals surface area contributed by atoms with Crippen LogP contribution in [0.2, 0.25) is 0 Å². The molecule has 1 aromatic rings. The number of carbonyl (C=O) groups excluding carboxylic acids is 1. The minimum absolute atomic E-state index is 0.136. The van der Waals surface area contributed by atoms with Crippen LogP contribution < -0.4 is 5.32 Å². The normalized spacial score (nSPS) is 11.4. The Balaban J connectivity index is 2.56. The fourth-order valence-corrected chi connectivity index (χ4v) is 2.61. The summed E-state index contributed by atoms with van der Waals surface area (Å²) in [5.74, 6) is 0.0878. The van der Waals surface area contributed by atoms with Gasteiger partial charge in [-0.25, -0.2) is 8.42 Å². The maximum absolute atomic E-state index is 11.7. The SMILES string of the molecule is CNCc1ccc(CS(=O)(=O)CCC(=O)OC)o1. The first-order valence-electron chi connectivity index (χ1n) is 5.46. The summed E-state index contributed by atoms with van der Waals surface area (Å²) in [5, 5.41) is 2.90. The Labute approximate surface area is 106 Å². The van der Waals surface area contributed by atoms with E-state index in [0.29, 0.717) is 18.1 Å². The predicted molar refractivity (Wildman–Crippen MR) is 65.6 cm³/mol. The second-order valence-corrected chi connectivity index (χ2v) is 6.00. The summed E-state index contributed by atoms with van der Waals surface area (Å²) in [7, 11) is -0.356. The number of ether oxygens (including phenoxy) is 1. The van der Waals surface area contributed by atoms with Gasteiger partial charge in [0.05, 0.1) is 25.8 Å². The number of methoxy groups -OCH3 is 1. The lowest BCUT2D eigenvalue weighted by molar-refractivity contribution is -0.140. The van der Waals surface area contributed by atoms with Gasteiger partial charge >= 0.3 is 5.97 Å². The van der Waals surface area contributed by atoms with E-state index in [-0.39, 0.29) is 17.9 Å². The van der Waals surface area contributed by atoms with Crippen molar-refractivity contribution in [2.24, 2.45) is 0 Å². The zero-order valence-corrected chi connectivity index (χ0v) is 11.2. The van der Waals surface area contributed by atoms with Crippen molar-refractivity contribution < 1.29 is 22.4 Å². The number of hydrogen-bond acceptors (Lipinski definition) is 6. The number of furan rings is 1. The minimum atomic E-state index is -3.36. The highest BCUT2D eigenvalue weighted by Crippen LogP contribution is 2.12. The summed E-state index contributed by atoms with van der Waals surface area (Å²) in [6.45, 7) is 0.544. The molecule has 6 nitrogen and oxygen atoms in total. The number of sulfone groups is 1. The lowest BCUT2D eigenvalue weighted by Gasteiger charge is -2.01. The molecule has 1 N–H and O–H groups in total. The molecule has 0 saturated heterocycles. The van der Waals surface area contributed by atoms with Crippen LogP contribution in [-0.2, 0) is 31.7 Å². The number of nitrogens with one attached hydrogen (secondary N) is 1. The maximum atomic E-state index is 11.7. The summed E-state index contributed by atoms with van der Waals surface area (Å²) in [6.07, 6.45) is -0.136. The van der Waals surface area contributed by atoms with Crippen LogP contribution in [-0.4, -0.2) is 34.3 Å². The Morgan fingerprint density at radius 3 is 2.67 bits per heavy atom. The van der Waals surface area contributed by atoms with Crippen molar-refractivity contribution in [2.45, 2.75) is 18.7 Å². The van der Waals surface area contributed by atoms with Gasteiger partial charge in [0.2, 0.25) is 0 Å². The smallest absolute Gasteiger partial charge is 0.306 e. The van der Waals surface area contributed by atoms with E-state index in [1.165, 1.54) is 7.11 Å². The Hall–Kier alpha value is -1.34. The molecule has 0 unspecified atom stereocenters. The van der Waals surface area contributed by atoms with Gasteiger partial charge in [-0.3, -0.25) is 4.79 Å². The molecule has 1 heterocycles. The molecule has 0 atom stereocenters. The second-order valence-electron chi connectivity index (χ2n) is 3.82. The highest BCUT2D eigenvalue weighted by molar-refractivity contribution is 7.90. The summed E-state index contributed by atoms with van der Waals surface area (Å²) < 4.78 is 33.1. The van der Waals surface area contributed by atoms with Crippen LogP contribution in [0, 0.1) is 0 Å². The second kappa shape index (κ2) is 6.55. The highest BCUT2D eigenvalue weighted by atomic mass is 32.2. The average Bonchev–Trinajstić information content (AvgIpc) is 2.73. The van der Waals surface area contributed by atoms with Crippen LogP contribution in [0.4, 0.5) is 0 Å². The summed E-state index contributed by atoms with van der Waals surface area (Å²) in [6, 6.07) is 3.35. The highest BCUT2D eigenvalue weighted by Gasteiger charge is 2.17. The molecular weight excluding hydrogens is 258 g/mol. The number of rotatable bonds is 7. The van der Waals surface area contributed by atoms with Crippen LogP contribution in [0.3, 0.4) is 0 Å². The Bertz CT molecular complexity index is 491. The molecule has 0 bridgehead atoms. The summed E-state index contributed by atoms with van der Waals surface area (Å²) in [4.78, 5) is 10.9. The largest absolute Gasteiger partial charge is 0.469 e. The van der Waals surface area contributed by atoms with Gasteiger partial charge in [-0.2, -0.15) is 0 Å². The third-order valence-corrected chi connectivity index (χ3v) is 3.83. The van der Waals surface area contributed by atoms with Crippen LogP contribution in [0.5, 0.6) is 0 Å². The van der Waals surface area contributed by atoms with Gasteiger partial charge in [-0.05, 0) is 19.2 Å². The maximum Gasteiger partial charge on any atom is 0.306 e. The zero-order valence-electron chi connectivity index (χ0n) is 10.4. The molecule has 0 aliphatic heterocycles. The van der Waals surface area contributed by atoms with E-state index in [2.05, 4.69) is 10.1 Å². The molecule has 1 rings (SSSR count). The van der Waals surface area contributed by atoms with Crippen molar-refractivity contribution in [1.82, 2.24) is 5.32 Å². The average molecular weight is 275 g/mol. The van der Waals surface area contributed by atoms with Gasteiger partial charge in [0.15, 0.2) is 9.84 Å². The van der Waals surface area contributed by atoms with Crippen LogP contribution >= 0.6 is 0 Å². The molecule has 18 heavy (non-hydrogen) atoms. The molecule has 0 fully saturated rings. The van der Waals surface area contributed by atoms with Crippen molar-refractivity contribution in [2.75, 3.05) is 19.9 Å². The van der Waals surface area contributed by atoms with E-state index in [1.807, 2.05) is 0 Å². The molecule has 0 aliphatic carbocycles. The minimum Gasteiger partial charge on any atom is -0.469 e. The fraction of sp³-hybridized carbons (Fsp3) is 0.545. The Morgan fingerprint density at radius 2 is 2.06 bits per heavy atom. The van der Waals surface area contributed by atoms with Crippen LogP contribution in [0.1, 0.15) is 17.9 Å². The Morgan fingerprint density at radius 1 is 1.39 bits per heavy atom. The Kier molecular flexibility index (Phi) is 5.36. The van der Waals surface area contributed by atoms with Gasteiger partial charge in [-0.15, -0.1) is 0 Å². The first-order chi connectivity index (χ1) is 8.46. The van der Waals surface area contributed by atoms with Gasteiger partial charge < -0.3 is 14.5 Å². The van der Waals surface area contributed by atoms with Crippen molar-refractivity contribution in [1.29, 1.82) is 0 Å². The first-order valence-corrected chi connectivity index (χ1v) is 7.28. The standard InChI is InChI=1S/C11H17NO5S/c1-12-7-9-3-4-10(17-9)8-18(14,15)6-5-11(13)16-2/h3-4,12H,5-8H2,1-2H3. The van der Waals surface area contributed by atoms with Crippen molar-refractivity contribution in [3.63, 3.8) is 0 Å². The number of esters is 1. The van der Waals surface area contributed by atoms with E-state index in [4.69, 9.17) is 4.42 Å². The van der Waals surface area contributed by atoms with E-state index >= 15 is 0 Å². The number of carbonyl (C=O) groups is 1. The van der Waals surface area contributed by atoms with E-state index in [0.717, 1.165) is 0 Å². The van der Waals surface area contributed by atoms with Gasteiger partial charge in [0.25, 0.3) is 0 Å². The van der Waals surface area contributed by atoms with Crippen LogP contribution in [0.15, 0.2) is 16.5 Å². The summed E-state index contributed by atoms with van der Waals surface area (Å²) in [5.41, 5.74) is 0. The molecule has 1 aromatic heterocycles. The van der Waals surface area contributed by atoms with Crippen molar-refractivity contribution >= 4 is 15.8 Å². The van der Waals surface area contributed by atoms with Gasteiger partial charge in [0, 0.05) is 0 Å². The monoisotopic (exact) mass is 275 g/mol. The predicted octanol–water partition coefficient (Wildman–Crippen LogP) is 0.477. The van der Waals surface area contributed by atoms with E-state index in [9.17, 15) is 13.2 Å². The molecule has 0 aromatic carbocycles. The van der Waals surface area contributed by atoms with Crippen LogP contribution in [0.25, 0.3) is 0 Å². The first kappa shape index (κ1) is 14.7. The molecule has 0 radical (unpaired) electrons. The molecule has 102 valence electrons. The zero-order chi connectivity index (χ0) is 13.6. The van der Waals surface area contributed by atoms with Gasteiger partial charge in [-0.1, -0.05) is 0 Å². The quantitative estimate of drug-likeness (QED) is 0.728. The lowest BCUT2D eigenvalue weighted by Crippen LogP contribution is -2.13. The van der Waals surface area contributed by atoms with Crippen molar-refractivity contribution in [3.8, 4) is 0 Å².